The second kappa shape index (κ2) is 12.0. The number of nitrogens with one attached hydrogen (secondary N) is 1. The molecule has 188 valence electrons. The number of nitrogens with zero attached hydrogens (tertiary/aromatic N) is 2. The summed E-state index contributed by atoms with van der Waals surface area (Å²) >= 11 is 0. The summed E-state index contributed by atoms with van der Waals surface area (Å²) in [7, 11) is 4.65. The molecule has 35 heavy (non-hydrogen) atoms. The van der Waals surface area contributed by atoms with Crippen molar-refractivity contribution in [3.05, 3.63) is 65.2 Å². The van der Waals surface area contributed by atoms with Gasteiger partial charge in [0.15, 0.2) is 0 Å². The number of rotatable bonds is 8. The molecule has 0 saturated heterocycles. The zero-order chi connectivity index (χ0) is 26.2. The van der Waals surface area contributed by atoms with Gasteiger partial charge in [0.2, 0.25) is 0 Å². The quantitative estimate of drug-likeness (QED) is 0.568. The maximum Gasteiger partial charge on any atom is 0.410 e. The Hall–Kier alpha value is -3.88. The van der Waals surface area contributed by atoms with E-state index in [-0.39, 0.29) is 11.8 Å². The molecule has 0 fully saturated rings. The van der Waals surface area contributed by atoms with Crippen molar-refractivity contribution in [1.29, 1.82) is 0 Å². The number of carbonyl (C=O) groups excluding carboxylic acids is 4. The first-order valence-corrected chi connectivity index (χ1v) is 11.2. The maximum atomic E-state index is 12.7. The third-order valence-corrected chi connectivity index (χ3v) is 5.00. The molecule has 3 amide bonds. The summed E-state index contributed by atoms with van der Waals surface area (Å²) in [4.78, 5) is 51.8. The topological polar surface area (TPSA) is 105 Å². The predicted molar refractivity (Wildman–Crippen MR) is 133 cm³/mol. The molecule has 0 unspecified atom stereocenters. The van der Waals surface area contributed by atoms with Crippen LogP contribution in [0.4, 0.5) is 10.5 Å². The van der Waals surface area contributed by atoms with Crippen molar-refractivity contribution in [1.82, 2.24) is 9.80 Å². The van der Waals surface area contributed by atoms with Gasteiger partial charge >= 0.3 is 12.1 Å². The number of methoxy groups -OCH3 is 1. The summed E-state index contributed by atoms with van der Waals surface area (Å²) in [6.07, 6.45) is 0.199. The minimum atomic E-state index is -0.557. The van der Waals surface area contributed by atoms with Crippen LogP contribution in [0.1, 0.15) is 58.3 Å². The van der Waals surface area contributed by atoms with E-state index in [4.69, 9.17) is 4.74 Å². The highest BCUT2D eigenvalue weighted by atomic mass is 16.6. The molecule has 2 aromatic rings. The molecule has 2 aromatic carbocycles. The first kappa shape index (κ1) is 27.4. The van der Waals surface area contributed by atoms with Crippen LogP contribution in [-0.4, -0.2) is 73.6 Å². The van der Waals surface area contributed by atoms with Crippen LogP contribution in [0, 0.1) is 0 Å². The monoisotopic (exact) mass is 483 g/mol. The van der Waals surface area contributed by atoms with E-state index in [9.17, 15) is 19.2 Å². The van der Waals surface area contributed by atoms with Gasteiger partial charge in [0, 0.05) is 44.0 Å². The molecule has 2 rings (SSSR count). The molecule has 0 aromatic heterocycles. The van der Waals surface area contributed by atoms with E-state index in [1.807, 2.05) is 20.8 Å². The Morgan fingerprint density at radius 2 is 1.31 bits per heavy atom. The third kappa shape index (κ3) is 8.44. The van der Waals surface area contributed by atoms with Gasteiger partial charge < -0.3 is 24.6 Å². The summed E-state index contributed by atoms with van der Waals surface area (Å²) in [5, 5.41) is 2.76. The normalized spacial score (nSPS) is 10.8. The Morgan fingerprint density at radius 3 is 1.86 bits per heavy atom. The zero-order valence-corrected chi connectivity index (χ0v) is 21.1. The van der Waals surface area contributed by atoms with Crippen molar-refractivity contribution in [3.8, 4) is 0 Å². The molecule has 0 heterocycles. The second-order valence-electron chi connectivity index (χ2n) is 9.08. The Kier molecular flexibility index (Phi) is 9.39. The van der Waals surface area contributed by atoms with Gasteiger partial charge in [0.25, 0.3) is 11.8 Å². The predicted octanol–water partition coefficient (Wildman–Crippen LogP) is 4.05. The fourth-order valence-electron chi connectivity index (χ4n) is 3.07. The van der Waals surface area contributed by atoms with E-state index in [1.54, 1.807) is 43.3 Å². The SMILES string of the molecule is COC(=O)c1ccc(C(=O)Nc2ccc(C(=O)N(C)CCCN(C)C(=O)OC(C)(C)C)cc2)cc1. The van der Waals surface area contributed by atoms with Gasteiger partial charge in [-0.15, -0.1) is 0 Å². The highest BCUT2D eigenvalue weighted by molar-refractivity contribution is 6.05. The lowest BCUT2D eigenvalue weighted by molar-refractivity contribution is 0.0294. The van der Waals surface area contributed by atoms with E-state index < -0.39 is 17.7 Å². The number of benzene rings is 2. The van der Waals surface area contributed by atoms with E-state index in [0.717, 1.165) is 0 Å². The number of hydrogen-bond acceptors (Lipinski definition) is 6. The highest BCUT2D eigenvalue weighted by Gasteiger charge is 2.20. The van der Waals surface area contributed by atoms with Gasteiger partial charge in [-0.25, -0.2) is 9.59 Å². The van der Waals surface area contributed by atoms with Gasteiger partial charge in [0.1, 0.15) is 5.60 Å². The molecule has 0 radical (unpaired) electrons. The van der Waals surface area contributed by atoms with Crippen LogP contribution >= 0.6 is 0 Å². The number of amides is 3. The van der Waals surface area contributed by atoms with Gasteiger partial charge in [-0.1, -0.05) is 0 Å². The molecule has 9 nitrogen and oxygen atoms in total. The average Bonchev–Trinajstić information content (AvgIpc) is 2.82. The number of ether oxygens (including phenoxy) is 2. The van der Waals surface area contributed by atoms with Crippen LogP contribution in [0.2, 0.25) is 0 Å². The molecular weight excluding hydrogens is 450 g/mol. The van der Waals surface area contributed by atoms with Gasteiger partial charge in [-0.3, -0.25) is 9.59 Å². The number of esters is 1. The molecular formula is C26H33N3O6. The smallest absolute Gasteiger partial charge is 0.410 e. The Bertz CT molecular complexity index is 1040. The molecule has 0 aliphatic heterocycles. The van der Waals surface area contributed by atoms with Crippen molar-refractivity contribution in [2.45, 2.75) is 32.8 Å². The maximum absolute atomic E-state index is 12.7. The number of carbonyl (C=O) groups is 4. The van der Waals surface area contributed by atoms with Crippen LogP contribution in [0.5, 0.6) is 0 Å². The van der Waals surface area contributed by atoms with E-state index in [2.05, 4.69) is 10.1 Å². The van der Waals surface area contributed by atoms with E-state index in [1.165, 1.54) is 36.3 Å². The molecule has 9 heteroatoms. The summed E-state index contributed by atoms with van der Waals surface area (Å²) in [6.45, 7) is 6.35. The van der Waals surface area contributed by atoms with Crippen LogP contribution in [0.3, 0.4) is 0 Å². The van der Waals surface area contributed by atoms with Crippen molar-refractivity contribution in [3.63, 3.8) is 0 Å². The summed E-state index contributed by atoms with van der Waals surface area (Å²) in [5.74, 6) is -0.981. The standard InChI is InChI=1S/C26H33N3O6/c1-26(2,3)35-25(33)29(5)17-7-16-28(4)23(31)19-12-14-21(15-13-19)27-22(30)18-8-10-20(11-9-18)24(32)34-6/h8-15H,7,16-17H2,1-6H3,(H,27,30). The average molecular weight is 484 g/mol. The molecule has 0 saturated carbocycles. The van der Waals surface area contributed by atoms with Crippen LogP contribution in [0.15, 0.2) is 48.5 Å². The lowest BCUT2D eigenvalue weighted by Gasteiger charge is -2.25. The lowest BCUT2D eigenvalue weighted by atomic mass is 10.1. The van der Waals surface area contributed by atoms with Crippen molar-refractivity contribution >= 4 is 29.6 Å². The first-order chi connectivity index (χ1) is 16.4. The molecule has 0 bridgehead atoms. The summed E-state index contributed by atoms with van der Waals surface area (Å²) in [6, 6.07) is 12.7. The Balaban J connectivity index is 1.86. The summed E-state index contributed by atoms with van der Waals surface area (Å²) in [5.41, 5.74) is 1.19. The fourth-order valence-corrected chi connectivity index (χ4v) is 3.07. The van der Waals surface area contributed by atoms with Gasteiger partial charge in [-0.05, 0) is 75.7 Å². The Labute approximate surface area is 206 Å². The van der Waals surface area contributed by atoms with Crippen molar-refractivity contribution < 1.29 is 28.7 Å². The van der Waals surface area contributed by atoms with E-state index >= 15 is 0 Å². The Morgan fingerprint density at radius 1 is 0.800 bits per heavy atom. The van der Waals surface area contributed by atoms with Gasteiger partial charge in [0.05, 0.1) is 12.7 Å². The van der Waals surface area contributed by atoms with Gasteiger partial charge in [-0.2, -0.15) is 0 Å². The largest absolute Gasteiger partial charge is 0.465 e. The lowest BCUT2D eigenvalue weighted by Crippen LogP contribution is -2.36. The molecule has 0 spiro atoms. The highest BCUT2D eigenvalue weighted by Crippen LogP contribution is 2.14. The van der Waals surface area contributed by atoms with E-state index in [0.29, 0.717) is 41.9 Å². The van der Waals surface area contributed by atoms with Crippen LogP contribution in [-0.2, 0) is 9.47 Å². The fraction of sp³-hybridized carbons (Fsp3) is 0.385. The minimum absolute atomic E-state index is 0.166. The molecule has 0 aliphatic carbocycles. The molecule has 0 aliphatic rings. The van der Waals surface area contributed by atoms with Crippen molar-refractivity contribution in [2.24, 2.45) is 0 Å². The molecule has 0 atom stereocenters. The van der Waals surface area contributed by atoms with Crippen LogP contribution < -0.4 is 5.32 Å². The number of anilines is 1. The second-order valence-corrected chi connectivity index (χ2v) is 9.08. The third-order valence-electron chi connectivity index (χ3n) is 5.00. The number of hydrogen-bond donors (Lipinski definition) is 1. The van der Waals surface area contributed by atoms with Crippen LogP contribution in [0.25, 0.3) is 0 Å². The summed E-state index contributed by atoms with van der Waals surface area (Å²) < 4.78 is 9.96. The minimum Gasteiger partial charge on any atom is -0.465 e. The van der Waals surface area contributed by atoms with Crippen molar-refractivity contribution in [2.75, 3.05) is 39.6 Å². The first-order valence-electron chi connectivity index (χ1n) is 11.2. The molecule has 1 N–H and O–H groups in total. The zero-order valence-electron chi connectivity index (χ0n) is 21.1.